The highest BCUT2D eigenvalue weighted by Crippen LogP contribution is 2.58. The number of carbonyl (C=O) groups excluding carboxylic acids is 1. The minimum absolute atomic E-state index is 0.138. The van der Waals surface area contributed by atoms with Crippen molar-refractivity contribution in [3.63, 3.8) is 0 Å². The van der Waals surface area contributed by atoms with Crippen LogP contribution in [0.2, 0.25) is 0 Å². The van der Waals surface area contributed by atoms with Crippen molar-refractivity contribution in [2.45, 2.75) is 44.8 Å². The molecule has 1 N–H and O–H groups in total. The van der Waals surface area contributed by atoms with Crippen molar-refractivity contribution < 1.29 is 9.53 Å². The van der Waals surface area contributed by atoms with E-state index < -0.39 is 0 Å². The maximum atomic E-state index is 11.9. The predicted octanol–water partition coefficient (Wildman–Crippen LogP) is 2.01. The Hall–Kier alpha value is -1.65. The first-order valence-electron chi connectivity index (χ1n) is 6.37. The zero-order chi connectivity index (χ0) is 12.8. The van der Waals surface area contributed by atoms with Gasteiger partial charge in [-0.05, 0) is 39.0 Å². The molecule has 5 heteroatoms. The van der Waals surface area contributed by atoms with E-state index in [2.05, 4.69) is 15.3 Å². The van der Waals surface area contributed by atoms with Crippen molar-refractivity contribution in [2.24, 2.45) is 5.92 Å². The summed E-state index contributed by atoms with van der Waals surface area (Å²) < 4.78 is 5.20. The van der Waals surface area contributed by atoms with Crippen molar-refractivity contribution in [2.75, 3.05) is 5.32 Å². The van der Waals surface area contributed by atoms with E-state index in [-0.39, 0.29) is 17.6 Å². The molecule has 96 valence electrons. The van der Waals surface area contributed by atoms with E-state index in [0.717, 1.165) is 5.92 Å². The highest BCUT2D eigenvalue weighted by Gasteiger charge is 2.57. The molecule has 18 heavy (non-hydrogen) atoms. The monoisotopic (exact) mass is 247 g/mol. The summed E-state index contributed by atoms with van der Waals surface area (Å²) in [5, 5.41) is 3.39. The van der Waals surface area contributed by atoms with Crippen LogP contribution < -0.4 is 5.32 Å². The smallest absolute Gasteiger partial charge is 0.343 e. The second-order valence-electron chi connectivity index (χ2n) is 5.62. The summed E-state index contributed by atoms with van der Waals surface area (Å²) in [5.41, 5.74) is 0.613. The number of rotatable bonds is 4. The second-order valence-corrected chi connectivity index (χ2v) is 5.62. The fourth-order valence-electron chi connectivity index (χ4n) is 2.74. The molecule has 0 saturated heterocycles. The molecule has 1 heterocycles. The Morgan fingerprint density at radius 1 is 1.50 bits per heavy atom. The first kappa shape index (κ1) is 11.4. The Bertz CT molecular complexity index is 470. The molecule has 0 spiro atoms. The number of hydrogen-bond donors (Lipinski definition) is 1. The summed E-state index contributed by atoms with van der Waals surface area (Å²) in [7, 11) is 0. The van der Waals surface area contributed by atoms with E-state index in [0.29, 0.717) is 11.4 Å². The van der Waals surface area contributed by atoms with Crippen LogP contribution in [0.1, 0.15) is 43.5 Å². The van der Waals surface area contributed by atoms with Gasteiger partial charge in [0, 0.05) is 11.7 Å². The van der Waals surface area contributed by atoms with Crippen LogP contribution in [-0.4, -0.2) is 27.6 Å². The molecule has 0 aliphatic heterocycles. The first-order valence-corrected chi connectivity index (χ1v) is 6.37. The molecule has 0 amide bonds. The molecule has 3 aliphatic carbocycles. The van der Waals surface area contributed by atoms with Gasteiger partial charge >= 0.3 is 5.97 Å². The molecule has 3 saturated carbocycles. The molecule has 0 atom stereocenters. The van der Waals surface area contributed by atoms with Gasteiger partial charge in [0.05, 0.1) is 6.10 Å². The Balaban J connectivity index is 1.78. The standard InChI is InChI=1S/C13H17N3O2/c1-8(2)18-12(17)10-6-14-7-15-11(10)16-13-3-9(4-13)5-13/h6-9H,3-5H2,1-2H3,(H,14,15,16). The van der Waals surface area contributed by atoms with Crippen LogP contribution >= 0.6 is 0 Å². The predicted molar refractivity (Wildman–Crippen MR) is 66.3 cm³/mol. The molecule has 1 aromatic rings. The zero-order valence-corrected chi connectivity index (χ0v) is 10.6. The van der Waals surface area contributed by atoms with Crippen LogP contribution in [0.3, 0.4) is 0 Å². The van der Waals surface area contributed by atoms with E-state index in [4.69, 9.17) is 4.74 Å². The number of aromatic nitrogens is 2. The largest absolute Gasteiger partial charge is 0.459 e. The van der Waals surface area contributed by atoms with E-state index in [1.54, 1.807) is 0 Å². The van der Waals surface area contributed by atoms with E-state index in [9.17, 15) is 4.79 Å². The topological polar surface area (TPSA) is 64.1 Å². The van der Waals surface area contributed by atoms with Crippen LogP contribution in [-0.2, 0) is 4.74 Å². The van der Waals surface area contributed by atoms with Crippen molar-refractivity contribution in [1.82, 2.24) is 9.97 Å². The zero-order valence-electron chi connectivity index (χ0n) is 10.6. The van der Waals surface area contributed by atoms with Gasteiger partial charge < -0.3 is 10.1 Å². The van der Waals surface area contributed by atoms with Crippen LogP contribution in [0.4, 0.5) is 5.82 Å². The third-order valence-corrected chi connectivity index (χ3v) is 3.70. The SMILES string of the molecule is CC(C)OC(=O)c1cncnc1NC12CC(C1)C2. The van der Waals surface area contributed by atoms with Crippen LogP contribution in [0.15, 0.2) is 12.5 Å². The second kappa shape index (κ2) is 3.93. The Kier molecular flexibility index (Phi) is 2.50. The number of hydrogen-bond acceptors (Lipinski definition) is 5. The van der Waals surface area contributed by atoms with Gasteiger partial charge in [-0.25, -0.2) is 14.8 Å². The molecule has 0 aromatic carbocycles. The molecule has 4 rings (SSSR count). The van der Waals surface area contributed by atoms with Crippen molar-refractivity contribution >= 4 is 11.8 Å². The van der Waals surface area contributed by atoms with Gasteiger partial charge in [-0.15, -0.1) is 0 Å². The van der Waals surface area contributed by atoms with Crippen molar-refractivity contribution in [3.05, 3.63) is 18.1 Å². The molecule has 0 unspecified atom stereocenters. The van der Waals surface area contributed by atoms with Gasteiger partial charge in [0.2, 0.25) is 0 Å². The summed E-state index contributed by atoms with van der Waals surface area (Å²) in [6.07, 6.45) is 6.41. The lowest BCUT2D eigenvalue weighted by molar-refractivity contribution is 0.00162. The van der Waals surface area contributed by atoms with Crippen LogP contribution in [0.5, 0.6) is 0 Å². The average molecular weight is 247 g/mol. The first-order chi connectivity index (χ1) is 8.58. The highest BCUT2D eigenvalue weighted by molar-refractivity contribution is 5.94. The molecule has 0 radical (unpaired) electrons. The summed E-state index contributed by atoms with van der Waals surface area (Å²) in [6, 6.07) is 0. The number of carbonyl (C=O) groups is 1. The van der Waals surface area contributed by atoms with E-state index in [1.165, 1.54) is 31.8 Å². The number of nitrogens with one attached hydrogen (secondary N) is 1. The minimum Gasteiger partial charge on any atom is -0.459 e. The molecular formula is C13H17N3O2. The molecule has 1 aromatic heterocycles. The van der Waals surface area contributed by atoms with Gasteiger partial charge in [0.25, 0.3) is 0 Å². The summed E-state index contributed by atoms with van der Waals surface area (Å²) in [5.74, 6) is 1.12. The lowest BCUT2D eigenvalue weighted by Crippen LogP contribution is -2.63. The average Bonchev–Trinajstić information content (AvgIpc) is 2.21. The summed E-state index contributed by atoms with van der Waals surface area (Å²) in [6.45, 7) is 3.66. The third kappa shape index (κ3) is 1.83. The maximum Gasteiger partial charge on any atom is 0.343 e. The van der Waals surface area contributed by atoms with Gasteiger partial charge in [0.1, 0.15) is 17.7 Å². The third-order valence-electron chi connectivity index (χ3n) is 3.70. The quantitative estimate of drug-likeness (QED) is 0.824. The van der Waals surface area contributed by atoms with Gasteiger partial charge in [-0.2, -0.15) is 0 Å². The van der Waals surface area contributed by atoms with Crippen molar-refractivity contribution in [1.29, 1.82) is 0 Å². The fourth-order valence-corrected chi connectivity index (χ4v) is 2.74. The minimum atomic E-state index is -0.361. The summed E-state index contributed by atoms with van der Waals surface area (Å²) in [4.78, 5) is 20.0. The lowest BCUT2D eigenvalue weighted by atomic mass is 9.50. The Labute approximate surface area is 106 Å². The normalized spacial score (nSPS) is 28.3. The van der Waals surface area contributed by atoms with Crippen LogP contribution in [0, 0.1) is 5.92 Å². The maximum absolute atomic E-state index is 11.9. The number of ether oxygens (including phenoxy) is 1. The summed E-state index contributed by atoms with van der Waals surface area (Å²) >= 11 is 0. The van der Waals surface area contributed by atoms with Gasteiger partial charge in [0.15, 0.2) is 0 Å². The highest BCUT2D eigenvalue weighted by atomic mass is 16.5. The lowest BCUT2D eigenvalue weighted by Gasteiger charge is -2.62. The van der Waals surface area contributed by atoms with Gasteiger partial charge in [-0.3, -0.25) is 0 Å². The number of esters is 1. The van der Waals surface area contributed by atoms with Crippen molar-refractivity contribution in [3.8, 4) is 0 Å². The molecule has 2 bridgehead atoms. The number of anilines is 1. The van der Waals surface area contributed by atoms with E-state index >= 15 is 0 Å². The number of nitrogens with zero attached hydrogens (tertiary/aromatic N) is 2. The molecule has 3 aliphatic rings. The van der Waals surface area contributed by atoms with Gasteiger partial charge in [-0.1, -0.05) is 0 Å². The molecule has 3 fully saturated rings. The van der Waals surface area contributed by atoms with E-state index in [1.807, 2.05) is 13.8 Å². The molecular weight excluding hydrogens is 230 g/mol. The Morgan fingerprint density at radius 3 is 2.78 bits per heavy atom. The molecule has 5 nitrogen and oxygen atoms in total. The fraction of sp³-hybridized carbons (Fsp3) is 0.615. The Morgan fingerprint density at radius 2 is 2.22 bits per heavy atom. The van der Waals surface area contributed by atoms with Crippen LogP contribution in [0.25, 0.3) is 0 Å².